The van der Waals surface area contributed by atoms with Crippen molar-refractivity contribution >= 4 is 40.2 Å². The Labute approximate surface area is 201 Å². The molecule has 0 bridgehead atoms. The zero-order valence-corrected chi connectivity index (χ0v) is 19.6. The van der Waals surface area contributed by atoms with Crippen LogP contribution < -0.4 is 5.32 Å². The summed E-state index contributed by atoms with van der Waals surface area (Å²) in [4.78, 5) is 9.58. The monoisotopic (exact) mass is 471 g/mol. The van der Waals surface area contributed by atoms with E-state index in [4.69, 9.17) is 21.6 Å². The number of nitrogens with zero attached hydrogens (tertiary/aromatic N) is 4. The van der Waals surface area contributed by atoms with Crippen molar-refractivity contribution in [3.05, 3.63) is 113 Å². The van der Waals surface area contributed by atoms with Crippen molar-refractivity contribution in [2.45, 2.75) is 17.7 Å². The summed E-state index contributed by atoms with van der Waals surface area (Å²) in [5.74, 6) is 0.757. The summed E-state index contributed by atoms with van der Waals surface area (Å²) < 4.78 is 1.93. The van der Waals surface area contributed by atoms with Gasteiger partial charge in [-0.25, -0.2) is 14.6 Å². The summed E-state index contributed by atoms with van der Waals surface area (Å²) >= 11 is 7.67. The van der Waals surface area contributed by atoms with E-state index in [0.29, 0.717) is 16.7 Å². The average molecular weight is 472 g/mol. The van der Waals surface area contributed by atoms with Crippen LogP contribution in [0.2, 0.25) is 5.02 Å². The fourth-order valence-corrected chi connectivity index (χ4v) is 4.29. The van der Waals surface area contributed by atoms with E-state index in [1.54, 1.807) is 0 Å². The Morgan fingerprint density at radius 2 is 1.55 bits per heavy atom. The predicted molar refractivity (Wildman–Crippen MR) is 136 cm³/mol. The van der Waals surface area contributed by atoms with Gasteiger partial charge < -0.3 is 5.32 Å². The zero-order valence-electron chi connectivity index (χ0n) is 18.0. The first-order chi connectivity index (χ1) is 16.2. The van der Waals surface area contributed by atoms with Crippen molar-refractivity contribution in [2.75, 3.05) is 11.6 Å². The molecule has 164 valence electrons. The molecular weight excluding hydrogens is 450 g/mol. The van der Waals surface area contributed by atoms with Gasteiger partial charge in [0.25, 0.3) is 0 Å². The Balaban J connectivity index is 1.58. The summed E-state index contributed by atoms with van der Waals surface area (Å²) in [5, 5.41) is 10.6. The minimum Gasteiger partial charge on any atom is -0.358 e. The van der Waals surface area contributed by atoms with Gasteiger partial charge in [0.2, 0.25) is 0 Å². The lowest BCUT2D eigenvalue weighted by atomic mass is 9.98. The third-order valence-electron chi connectivity index (χ3n) is 5.45. The molecule has 0 saturated heterocycles. The van der Waals surface area contributed by atoms with Gasteiger partial charge in [-0.1, -0.05) is 96.2 Å². The van der Waals surface area contributed by atoms with Gasteiger partial charge in [-0.15, -0.1) is 0 Å². The molecule has 0 spiro atoms. The quantitative estimate of drug-likeness (QED) is 0.218. The standard InChI is InChI=1S/C26H22ClN5S/c1-33-26-30-24(22-16-28-32(25(22)31-26)17-18-8-4-2-5-9-18)29-23(19-10-6-3-7-11-19)20-12-14-21(27)15-13-20/h2-16,23H,17H2,1H3,(H,29,30,31). The number of benzene rings is 3. The fourth-order valence-electron chi connectivity index (χ4n) is 3.81. The van der Waals surface area contributed by atoms with Gasteiger partial charge in [0, 0.05) is 5.02 Å². The van der Waals surface area contributed by atoms with Crippen LogP contribution in [0.1, 0.15) is 22.7 Å². The highest BCUT2D eigenvalue weighted by Crippen LogP contribution is 2.31. The number of aromatic nitrogens is 4. The largest absolute Gasteiger partial charge is 0.358 e. The Kier molecular flexibility index (Phi) is 6.28. The molecule has 0 aliphatic carbocycles. The van der Waals surface area contributed by atoms with Gasteiger partial charge >= 0.3 is 0 Å². The number of fused-ring (bicyclic) bond motifs is 1. The third kappa shape index (κ3) is 4.72. The Bertz CT molecular complexity index is 1350. The van der Waals surface area contributed by atoms with Crippen LogP contribution in [-0.4, -0.2) is 26.0 Å². The molecule has 0 aliphatic rings. The second-order valence-electron chi connectivity index (χ2n) is 7.62. The van der Waals surface area contributed by atoms with Crippen molar-refractivity contribution < 1.29 is 0 Å². The molecule has 0 fully saturated rings. The highest BCUT2D eigenvalue weighted by atomic mass is 35.5. The first-order valence-electron chi connectivity index (χ1n) is 10.6. The predicted octanol–water partition coefficient (Wildman–Crippen LogP) is 6.45. The first kappa shape index (κ1) is 21.5. The molecule has 0 amide bonds. The smallest absolute Gasteiger partial charge is 0.191 e. The van der Waals surface area contributed by atoms with Gasteiger partial charge in [0.1, 0.15) is 5.82 Å². The molecule has 5 rings (SSSR count). The van der Waals surface area contributed by atoms with E-state index < -0.39 is 0 Å². The molecule has 7 heteroatoms. The van der Waals surface area contributed by atoms with E-state index in [-0.39, 0.29) is 6.04 Å². The van der Waals surface area contributed by atoms with Crippen LogP contribution in [0.15, 0.2) is 96.3 Å². The van der Waals surface area contributed by atoms with Crippen LogP contribution in [0, 0.1) is 0 Å². The first-order valence-corrected chi connectivity index (χ1v) is 12.2. The van der Waals surface area contributed by atoms with Gasteiger partial charge in [-0.05, 0) is 35.1 Å². The zero-order chi connectivity index (χ0) is 22.6. The molecule has 2 aromatic heterocycles. The van der Waals surface area contributed by atoms with Crippen molar-refractivity contribution in [1.82, 2.24) is 19.7 Å². The van der Waals surface area contributed by atoms with E-state index in [0.717, 1.165) is 28.0 Å². The number of halogens is 1. The van der Waals surface area contributed by atoms with Crippen molar-refractivity contribution in [3.8, 4) is 0 Å². The maximum atomic E-state index is 6.15. The molecule has 5 nitrogen and oxygen atoms in total. The molecule has 33 heavy (non-hydrogen) atoms. The van der Waals surface area contributed by atoms with E-state index in [9.17, 15) is 0 Å². The average Bonchev–Trinajstić information content (AvgIpc) is 3.27. The van der Waals surface area contributed by atoms with Crippen LogP contribution in [-0.2, 0) is 6.54 Å². The minimum absolute atomic E-state index is 0.103. The molecule has 0 saturated carbocycles. The summed E-state index contributed by atoms with van der Waals surface area (Å²) in [6, 6.07) is 28.4. The third-order valence-corrected chi connectivity index (χ3v) is 6.25. The highest BCUT2D eigenvalue weighted by molar-refractivity contribution is 7.98. The SMILES string of the molecule is CSc1nc(NC(c2ccccc2)c2ccc(Cl)cc2)c2cnn(Cc3ccccc3)c2n1. The second-order valence-corrected chi connectivity index (χ2v) is 8.83. The second kappa shape index (κ2) is 9.65. The van der Waals surface area contributed by atoms with E-state index in [2.05, 4.69) is 34.7 Å². The summed E-state index contributed by atoms with van der Waals surface area (Å²) in [6.45, 7) is 0.647. The number of hydrogen-bond donors (Lipinski definition) is 1. The molecule has 1 N–H and O–H groups in total. The molecular formula is C26H22ClN5S. The summed E-state index contributed by atoms with van der Waals surface area (Å²) in [7, 11) is 0. The van der Waals surface area contributed by atoms with Crippen LogP contribution in [0.5, 0.6) is 0 Å². The fraction of sp³-hybridized carbons (Fsp3) is 0.115. The molecule has 1 unspecified atom stereocenters. The van der Waals surface area contributed by atoms with Crippen molar-refractivity contribution in [2.24, 2.45) is 0 Å². The number of nitrogens with one attached hydrogen (secondary N) is 1. The lowest BCUT2D eigenvalue weighted by Crippen LogP contribution is -2.14. The normalized spacial score (nSPS) is 12.1. The molecule has 1 atom stereocenters. The number of rotatable bonds is 7. The van der Waals surface area contributed by atoms with E-state index >= 15 is 0 Å². The van der Waals surface area contributed by atoms with Gasteiger partial charge in [-0.2, -0.15) is 5.10 Å². The van der Waals surface area contributed by atoms with Crippen LogP contribution in [0.4, 0.5) is 5.82 Å². The van der Waals surface area contributed by atoms with Crippen molar-refractivity contribution in [1.29, 1.82) is 0 Å². The van der Waals surface area contributed by atoms with Crippen LogP contribution in [0.3, 0.4) is 0 Å². The summed E-state index contributed by atoms with van der Waals surface area (Å²) in [5.41, 5.74) is 4.21. The van der Waals surface area contributed by atoms with E-state index in [1.165, 1.54) is 17.3 Å². The van der Waals surface area contributed by atoms with Crippen LogP contribution >= 0.6 is 23.4 Å². The maximum absolute atomic E-state index is 6.15. The molecule has 0 aliphatic heterocycles. The van der Waals surface area contributed by atoms with Gasteiger partial charge in [0.15, 0.2) is 10.8 Å². The Morgan fingerprint density at radius 1 is 0.879 bits per heavy atom. The molecule has 2 heterocycles. The lowest BCUT2D eigenvalue weighted by Gasteiger charge is -2.21. The van der Waals surface area contributed by atoms with Crippen molar-refractivity contribution in [3.63, 3.8) is 0 Å². The highest BCUT2D eigenvalue weighted by Gasteiger charge is 2.19. The Hall–Kier alpha value is -3.35. The van der Waals surface area contributed by atoms with E-state index in [1.807, 2.05) is 77.8 Å². The topological polar surface area (TPSA) is 55.6 Å². The maximum Gasteiger partial charge on any atom is 0.191 e. The van der Waals surface area contributed by atoms with Gasteiger partial charge in [0.05, 0.1) is 24.2 Å². The minimum atomic E-state index is -0.103. The number of thioether (sulfide) groups is 1. The Morgan fingerprint density at radius 3 is 2.24 bits per heavy atom. The number of hydrogen-bond acceptors (Lipinski definition) is 5. The van der Waals surface area contributed by atoms with Crippen LogP contribution in [0.25, 0.3) is 11.0 Å². The number of anilines is 1. The van der Waals surface area contributed by atoms with Gasteiger partial charge in [-0.3, -0.25) is 0 Å². The summed E-state index contributed by atoms with van der Waals surface area (Å²) in [6.07, 6.45) is 3.82. The molecule has 5 aromatic rings. The lowest BCUT2D eigenvalue weighted by molar-refractivity contribution is 0.699. The molecule has 0 radical (unpaired) electrons. The molecule has 3 aromatic carbocycles.